The molecule has 1 saturated heterocycles. The lowest BCUT2D eigenvalue weighted by atomic mass is 9.93. The summed E-state index contributed by atoms with van der Waals surface area (Å²) in [6.45, 7) is 5.80. The molecule has 1 fully saturated rings. The molecule has 0 unspecified atom stereocenters. The summed E-state index contributed by atoms with van der Waals surface area (Å²) < 4.78 is 17.4. The van der Waals surface area contributed by atoms with Gasteiger partial charge in [0.2, 0.25) is 11.8 Å². The number of fused-ring (bicyclic) bond motifs is 3. The van der Waals surface area contributed by atoms with E-state index in [4.69, 9.17) is 13.9 Å². The molecule has 2 aromatic rings. The number of ketones is 1. The number of aromatic nitrogens is 2. The van der Waals surface area contributed by atoms with Crippen molar-refractivity contribution in [1.29, 1.82) is 0 Å². The number of carbonyl (C=O) groups excluding carboxylic acids is 5. The maximum atomic E-state index is 13.4. The predicted molar refractivity (Wildman–Crippen MR) is 185 cm³/mol. The summed E-state index contributed by atoms with van der Waals surface area (Å²) >= 11 is 3.24. The number of allylic oxidation sites excluding steroid dienone is 2. The summed E-state index contributed by atoms with van der Waals surface area (Å²) in [6, 6.07) is 2.86. The smallest absolute Gasteiger partial charge is 0.411 e. The molecule has 0 aliphatic carbocycles. The van der Waals surface area contributed by atoms with Gasteiger partial charge in [0, 0.05) is 37.4 Å². The van der Waals surface area contributed by atoms with Crippen molar-refractivity contribution < 1.29 is 43.0 Å². The zero-order valence-corrected chi connectivity index (χ0v) is 29.8. The first-order valence-electron chi connectivity index (χ1n) is 16.4. The Bertz CT molecular complexity index is 1620. The summed E-state index contributed by atoms with van der Waals surface area (Å²) in [5.74, 6) is -2.60. The summed E-state index contributed by atoms with van der Waals surface area (Å²) in [5, 5.41) is 15.7. The van der Waals surface area contributed by atoms with Gasteiger partial charge >= 0.3 is 12.1 Å². The number of nitrogens with zero attached hydrogens (tertiary/aromatic N) is 3. The monoisotopic (exact) mass is 755 g/mol. The molecule has 5 atom stereocenters. The number of amides is 3. The molecule has 15 heteroatoms. The van der Waals surface area contributed by atoms with Crippen molar-refractivity contribution in [3.63, 3.8) is 0 Å². The molecule has 4 rings (SSSR count). The van der Waals surface area contributed by atoms with Crippen LogP contribution in [-0.4, -0.2) is 87.6 Å². The molecule has 3 N–H and O–H groups in total. The first-order valence-corrected chi connectivity index (χ1v) is 17.2. The first-order chi connectivity index (χ1) is 23.9. The number of Topliss-reactive ketones (excluding diaryl/α,β-unsaturated/α-hetero) is 1. The van der Waals surface area contributed by atoms with Gasteiger partial charge in [-0.3, -0.25) is 24.5 Å². The van der Waals surface area contributed by atoms with E-state index in [9.17, 15) is 29.1 Å². The number of carbonyl (C=O) groups is 5. The molecule has 2 aliphatic rings. The Hall–Kier alpha value is -4.63. The van der Waals surface area contributed by atoms with E-state index >= 15 is 0 Å². The van der Waals surface area contributed by atoms with Gasteiger partial charge in [0.05, 0.1) is 37.4 Å². The third-order valence-electron chi connectivity index (χ3n) is 8.18. The number of cyclic esters (lactones) is 1. The molecule has 0 radical (unpaired) electrons. The largest absolute Gasteiger partial charge is 0.461 e. The van der Waals surface area contributed by atoms with Gasteiger partial charge in [-0.25, -0.2) is 14.8 Å². The van der Waals surface area contributed by atoms with Gasteiger partial charge in [-0.2, -0.15) is 0 Å². The molecule has 0 spiro atoms. The molecular weight excluding hydrogens is 714 g/mol. The molecule has 3 amide bonds. The van der Waals surface area contributed by atoms with Crippen LogP contribution in [0, 0.1) is 11.8 Å². The highest BCUT2D eigenvalue weighted by molar-refractivity contribution is 9.10. The summed E-state index contributed by atoms with van der Waals surface area (Å²) in [6.07, 6.45) is 8.76. The fraction of sp³-hybridized carbons (Fsp3) is 0.457. The second-order valence-corrected chi connectivity index (χ2v) is 13.2. The van der Waals surface area contributed by atoms with Gasteiger partial charge in [0.1, 0.15) is 22.8 Å². The molecule has 14 nitrogen and oxygen atoms in total. The predicted octanol–water partition coefficient (Wildman–Crippen LogP) is 4.31. The Labute approximate surface area is 298 Å². The molecule has 0 aromatic carbocycles. The maximum Gasteiger partial charge on any atom is 0.411 e. The Morgan fingerprint density at radius 2 is 2.02 bits per heavy atom. The number of oxazole rings is 1. The van der Waals surface area contributed by atoms with Crippen molar-refractivity contribution in [1.82, 2.24) is 20.2 Å². The number of pyridine rings is 1. The van der Waals surface area contributed by atoms with Gasteiger partial charge in [-0.05, 0) is 53.9 Å². The Kier molecular flexibility index (Phi) is 14.0. The van der Waals surface area contributed by atoms with Crippen molar-refractivity contribution in [3.05, 3.63) is 76.7 Å². The fourth-order valence-corrected chi connectivity index (χ4v) is 5.93. The van der Waals surface area contributed by atoms with Crippen LogP contribution >= 0.6 is 15.9 Å². The topological polar surface area (TPSA) is 190 Å². The average molecular weight is 757 g/mol. The highest BCUT2D eigenvalue weighted by atomic mass is 79.9. The van der Waals surface area contributed by atoms with E-state index in [1.165, 1.54) is 24.6 Å². The highest BCUT2D eigenvalue weighted by Gasteiger charge is 2.35. The van der Waals surface area contributed by atoms with Crippen molar-refractivity contribution in [2.24, 2.45) is 11.8 Å². The third-order valence-corrected chi connectivity index (χ3v) is 8.64. The maximum absolute atomic E-state index is 13.4. The van der Waals surface area contributed by atoms with Crippen LogP contribution in [0.1, 0.15) is 62.8 Å². The number of ether oxygens (including phenoxy) is 2. The minimum atomic E-state index is -1.04. The highest BCUT2D eigenvalue weighted by Crippen LogP contribution is 2.26. The minimum absolute atomic E-state index is 0.0156. The number of esters is 1. The Morgan fingerprint density at radius 3 is 2.78 bits per heavy atom. The molecule has 4 heterocycles. The van der Waals surface area contributed by atoms with Crippen LogP contribution in [0.5, 0.6) is 0 Å². The average Bonchev–Trinajstić information content (AvgIpc) is 3.73. The number of aliphatic hydroxyl groups is 1. The van der Waals surface area contributed by atoms with Crippen molar-refractivity contribution >= 4 is 51.3 Å². The number of halogens is 1. The van der Waals surface area contributed by atoms with E-state index in [1.54, 1.807) is 56.0 Å². The van der Waals surface area contributed by atoms with E-state index in [0.29, 0.717) is 35.3 Å². The van der Waals surface area contributed by atoms with Crippen LogP contribution in [0.15, 0.2) is 69.6 Å². The zero-order chi connectivity index (χ0) is 36.2. The number of nitrogens with one attached hydrogen (secondary N) is 2. The van der Waals surface area contributed by atoms with Crippen LogP contribution in [0.25, 0.3) is 0 Å². The quantitative estimate of drug-likeness (QED) is 0.298. The normalized spacial score (nSPS) is 24.3. The summed E-state index contributed by atoms with van der Waals surface area (Å²) in [5.41, 5.74) is 1.14. The molecule has 2 aliphatic heterocycles. The number of rotatable bonds is 4. The van der Waals surface area contributed by atoms with Crippen LogP contribution in [0.4, 0.5) is 10.5 Å². The third kappa shape index (κ3) is 11.8. The lowest BCUT2D eigenvalue weighted by Crippen LogP contribution is -2.39. The van der Waals surface area contributed by atoms with Crippen LogP contribution < -0.4 is 10.6 Å². The van der Waals surface area contributed by atoms with Gasteiger partial charge < -0.3 is 29.2 Å². The molecule has 268 valence electrons. The van der Waals surface area contributed by atoms with Crippen LogP contribution in [0.3, 0.4) is 0 Å². The van der Waals surface area contributed by atoms with Crippen molar-refractivity contribution in [2.45, 2.75) is 71.1 Å². The lowest BCUT2D eigenvalue weighted by Gasteiger charge is -2.29. The van der Waals surface area contributed by atoms with E-state index in [-0.39, 0.29) is 55.7 Å². The Morgan fingerprint density at radius 1 is 1.22 bits per heavy atom. The Balaban J connectivity index is 1.51. The fourth-order valence-electron chi connectivity index (χ4n) is 5.70. The molecule has 0 saturated carbocycles. The number of hydrogen-bond acceptors (Lipinski definition) is 11. The second-order valence-electron chi connectivity index (χ2n) is 12.4. The number of hydrogen-bond donors (Lipinski definition) is 3. The van der Waals surface area contributed by atoms with Crippen LogP contribution in [-0.2, 0) is 30.3 Å². The minimum Gasteiger partial charge on any atom is -0.461 e. The number of aliphatic hydroxyl groups excluding tert-OH is 1. The SMILES string of the molecule is CC1=C[C@@H](O)CC(=O)Cc2nc(co2)C(=O)N2CCC[C@@H]2CC(=O)O[C@H]([C@H](C)COC(=O)Nc2ccc(Br)nc2)[C@H](C)/C=C/C(=O)NCC=C1. The van der Waals surface area contributed by atoms with E-state index < -0.39 is 48.1 Å². The zero-order valence-electron chi connectivity index (χ0n) is 28.2. The second kappa shape index (κ2) is 18.4. The van der Waals surface area contributed by atoms with Gasteiger partial charge in [0.15, 0.2) is 5.69 Å². The standard InChI is InChI=1S/C35H42BrN5O9/c1-21-6-4-12-37-30(44)11-8-22(2)33(23(3)19-49-35(47)39-24-9-10-29(36)38-18-24)50-32(45)15-25-7-5-13-41(25)34(46)28-20-48-31(40-28)17-27(43)16-26(42)14-21/h4,6,8-11,14,18,20,22-23,25-26,33,42H,5,7,12-13,15-17,19H2,1-3H3,(H,37,44)(H,39,47)/b6-4?,11-8+,21-14?/t22-,23-,25-,26-,33+/m1/s1. The molecular formula is C35H42BrN5O9. The lowest BCUT2D eigenvalue weighted by molar-refractivity contribution is -0.155. The van der Waals surface area contributed by atoms with Crippen LogP contribution in [0.2, 0.25) is 0 Å². The number of anilines is 1. The van der Waals surface area contributed by atoms with Gasteiger partial charge in [-0.1, -0.05) is 43.7 Å². The molecule has 50 heavy (non-hydrogen) atoms. The van der Waals surface area contributed by atoms with Gasteiger partial charge in [0.25, 0.3) is 5.91 Å². The molecule has 2 bridgehead atoms. The van der Waals surface area contributed by atoms with Crippen molar-refractivity contribution in [2.75, 3.05) is 25.0 Å². The molecule has 2 aromatic heterocycles. The van der Waals surface area contributed by atoms with Gasteiger partial charge in [-0.15, -0.1) is 0 Å². The summed E-state index contributed by atoms with van der Waals surface area (Å²) in [7, 11) is 0. The van der Waals surface area contributed by atoms with E-state index in [1.807, 2.05) is 0 Å². The first kappa shape index (κ1) is 38.2. The van der Waals surface area contributed by atoms with E-state index in [2.05, 4.69) is 36.5 Å². The summed E-state index contributed by atoms with van der Waals surface area (Å²) in [4.78, 5) is 74.3. The van der Waals surface area contributed by atoms with Crippen molar-refractivity contribution in [3.8, 4) is 0 Å². The van der Waals surface area contributed by atoms with E-state index in [0.717, 1.165) is 0 Å².